The molecule has 0 bridgehead atoms. The molecule has 0 fully saturated rings. The summed E-state index contributed by atoms with van der Waals surface area (Å²) < 4.78 is 0. The Kier molecular flexibility index (Phi) is 4.25. The number of rotatable bonds is 3. The van der Waals surface area contributed by atoms with Crippen molar-refractivity contribution in [1.29, 1.82) is 0 Å². The van der Waals surface area contributed by atoms with Gasteiger partial charge in [0.05, 0.1) is 6.04 Å². The molecule has 20 heavy (non-hydrogen) atoms. The Morgan fingerprint density at radius 3 is 2.65 bits per heavy atom. The van der Waals surface area contributed by atoms with E-state index in [1.165, 1.54) is 23.4 Å². The molecule has 1 amide bonds. The van der Waals surface area contributed by atoms with Crippen molar-refractivity contribution >= 4 is 17.5 Å². The molecule has 1 atom stereocenters. The van der Waals surface area contributed by atoms with Gasteiger partial charge < -0.3 is 9.88 Å². The van der Waals surface area contributed by atoms with E-state index in [1.807, 2.05) is 25.1 Å². The quantitative estimate of drug-likeness (QED) is 0.945. The molecular weight excluding hydrogens is 276 g/mol. The Morgan fingerprint density at radius 1 is 1.30 bits per heavy atom. The summed E-state index contributed by atoms with van der Waals surface area (Å²) in [7, 11) is 1.66. The monoisotopic (exact) mass is 290 g/mol. The second-order valence-corrected chi connectivity index (χ2v) is 4.94. The van der Waals surface area contributed by atoms with E-state index >= 15 is 0 Å². The van der Waals surface area contributed by atoms with Crippen molar-refractivity contribution in [2.75, 3.05) is 7.05 Å². The van der Waals surface area contributed by atoms with Gasteiger partial charge in [0.2, 0.25) is 0 Å². The molecule has 0 aliphatic rings. The number of carbonyl (C=O) groups is 1. The number of hydrogen-bond donors (Lipinski definition) is 1. The number of nitrogens with zero attached hydrogens (tertiary/aromatic N) is 1. The number of H-pyrrole nitrogens is 1. The predicted octanol–water partition coefficient (Wildman–Crippen LogP) is 2.86. The summed E-state index contributed by atoms with van der Waals surface area (Å²) in [6, 6.07) is 8.46. The Balaban J connectivity index is 2.30. The zero-order valence-corrected chi connectivity index (χ0v) is 12.0. The molecule has 0 aliphatic heterocycles. The van der Waals surface area contributed by atoms with Gasteiger partial charge in [0.1, 0.15) is 5.56 Å². The molecule has 1 aromatic heterocycles. The van der Waals surface area contributed by atoms with Gasteiger partial charge in [0.25, 0.3) is 5.91 Å². The van der Waals surface area contributed by atoms with Crippen LogP contribution in [-0.2, 0) is 0 Å². The molecule has 2 aromatic rings. The lowest BCUT2D eigenvalue weighted by molar-refractivity contribution is 0.0741. The molecule has 0 saturated heterocycles. The lowest BCUT2D eigenvalue weighted by Gasteiger charge is -2.25. The fourth-order valence-corrected chi connectivity index (χ4v) is 2.27. The Labute approximate surface area is 122 Å². The third kappa shape index (κ3) is 2.75. The first-order valence-electron chi connectivity index (χ1n) is 6.21. The van der Waals surface area contributed by atoms with Crippen molar-refractivity contribution in [3.05, 3.63) is 69.1 Å². The molecule has 1 N–H and O–H groups in total. The minimum atomic E-state index is -0.334. The van der Waals surface area contributed by atoms with Crippen LogP contribution in [0.25, 0.3) is 0 Å². The maximum Gasteiger partial charge on any atom is 0.259 e. The highest BCUT2D eigenvalue weighted by Gasteiger charge is 2.22. The van der Waals surface area contributed by atoms with Gasteiger partial charge in [-0.1, -0.05) is 29.8 Å². The molecule has 0 saturated carbocycles. The zero-order chi connectivity index (χ0) is 14.7. The number of amides is 1. The Hall–Kier alpha value is -2.07. The fraction of sp³-hybridized carbons (Fsp3) is 0.200. The number of halogens is 1. The third-order valence-electron chi connectivity index (χ3n) is 3.31. The SMILES string of the molecule is CC(c1ccccc1Cl)N(C)C(=O)c1c[nH]ccc1=O. The van der Waals surface area contributed by atoms with E-state index < -0.39 is 0 Å². The second-order valence-electron chi connectivity index (χ2n) is 4.54. The molecule has 1 aromatic carbocycles. The van der Waals surface area contributed by atoms with Gasteiger partial charge >= 0.3 is 0 Å². The van der Waals surface area contributed by atoms with Gasteiger partial charge in [-0.3, -0.25) is 9.59 Å². The minimum absolute atomic E-state index is 0.119. The molecule has 0 spiro atoms. The molecule has 1 heterocycles. The van der Waals surface area contributed by atoms with Crippen LogP contribution in [0, 0.1) is 0 Å². The van der Waals surface area contributed by atoms with E-state index in [1.54, 1.807) is 13.1 Å². The summed E-state index contributed by atoms with van der Waals surface area (Å²) in [5.41, 5.74) is 0.665. The maximum atomic E-state index is 12.4. The highest BCUT2D eigenvalue weighted by Crippen LogP contribution is 2.26. The van der Waals surface area contributed by atoms with Crippen LogP contribution < -0.4 is 5.43 Å². The fourth-order valence-electron chi connectivity index (χ4n) is 1.97. The van der Waals surface area contributed by atoms with Crippen molar-refractivity contribution in [3.63, 3.8) is 0 Å². The molecule has 1 unspecified atom stereocenters. The first-order valence-corrected chi connectivity index (χ1v) is 6.59. The Morgan fingerprint density at radius 2 is 2.00 bits per heavy atom. The van der Waals surface area contributed by atoms with Crippen molar-refractivity contribution in [2.24, 2.45) is 0 Å². The van der Waals surface area contributed by atoms with Crippen LogP contribution in [0.2, 0.25) is 5.02 Å². The number of aromatic nitrogens is 1. The first kappa shape index (κ1) is 14.3. The van der Waals surface area contributed by atoms with Crippen molar-refractivity contribution in [3.8, 4) is 0 Å². The van der Waals surface area contributed by atoms with E-state index in [4.69, 9.17) is 11.6 Å². The molecular formula is C15H15ClN2O2. The predicted molar refractivity (Wildman–Crippen MR) is 79.0 cm³/mol. The zero-order valence-electron chi connectivity index (χ0n) is 11.3. The van der Waals surface area contributed by atoms with E-state index in [-0.39, 0.29) is 22.9 Å². The van der Waals surface area contributed by atoms with E-state index in [2.05, 4.69) is 4.98 Å². The smallest absolute Gasteiger partial charge is 0.259 e. The van der Waals surface area contributed by atoms with Crippen LogP contribution in [0.1, 0.15) is 28.9 Å². The number of aromatic amines is 1. The average Bonchev–Trinajstić information content (AvgIpc) is 2.46. The van der Waals surface area contributed by atoms with Crippen LogP contribution in [0.15, 0.2) is 47.5 Å². The van der Waals surface area contributed by atoms with Crippen molar-refractivity contribution in [2.45, 2.75) is 13.0 Å². The number of hydrogen-bond acceptors (Lipinski definition) is 2. The van der Waals surface area contributed by atoms with E-state index in [0.29, 0.717) is 5.02 Å². The van der Waals surface area contributed by atoms with Gasteiger partial charge in [-0.15, -0.1) is 0 Å². The highest BCUT2D eigenvalue weighted by molar-refractivity contribution is 6.31. The Bertz CT molecular complexity index is 681. The summed E-state index contributed by atoms with van der Waals surface area (Å²) in [5, 5.41) is 0.599. The normalized spacial score (nSPS) is 11.9. The van der Waals surface area contributed by atoms with Gasteiger partial charge in [-0.25, -0.2) is 0 Å². The standard InChI is InChI=1S/C15H15ClN2O2/c1-10(11-5-3-4-6-13(11)16)18(2)15(20)12-9-17-8-7-14(12)19/h3-10H,1-2H3,(H,17,19). The lowest BCUT2D eigenvalue weighted by atomic mass is 10.1. The van der Waals surface area contributed by atoms with Gasteiger partial charge in [0.15, 0.2) is 5.43 Å². The molecule has 2 rings (SSSR count). The first-order chi connectivity index (χ1) is 9.52. The van der Waals surface area contributed by atoms with Crippen LogP contribution in [0.5, 0.6) is 0 Å². The molecule has 104 valence electrons. The number of pyridine rings is 1. The minimum Gasteiger partial charge on any atom is -0.367 e. The summed E-state index contributed by atoms with van der Waals surface area (Å²) in [6.45, 7) is 1.87. The molecule has 4 nitrogen and oxygen atoms in total. The summed E-state index contributed by atoms with van der Waals surface area (Å²) in [5.74, 6) is -0.334. The lowest BCUT2D eigenvalue weighted by Crippen LogP contribution is -2.33. The molecule has 0 radical (unpaired) electrons. The topological polar surface area (TPSA) is 53.2 Å². The van der Waals surface area contributed by atoms with Gasteiger partial charge in [-0.05, 0) is 18.6 Å². The van der Waals surface area contributed by atoms with Gasteiger partial charge in [-0.2, -0.15) is 0 Å². The summed E-state index contributed by atoms with van der Waals surface area (Å²) in [4.78, 5) is 28.3. The van der Waals surface area contributed by atoms with E-state index in [0.717, 1.165) is 5.56 Å². The summed E-state index contributed by atoms with van der Waals surface area (Å²) >= 11 is 6.14. The van der Waals surface area contributed by atoms with Crippen molar-refractivity contribution < 1.29 is 4.79 Å². The van der Waals surface area contributed by atoms with Crippen LogP contribution in [0.3, 0.4) is 0 Å². The maximum absolute atomic E-state index is 12.4. The third-order valence-corrected chi connectivity index (χ3v) is 3.66. The van der Waals surface area contributed by atoms with Gasteiger partial charge in [0, 0.05) is 30.5 Å². The van der Waals surface area contributed by atoms with Crippen LogP contribution in [0.4, 0.5) is 0 Å². The molecule has 5 heteroatoms. The van der Waals surface area contributed by atoms with Crippen molar-refractivity contribution in [1.82, 2.24) is 9.88 Å². The number of benzene rings is 1. The largest absolute Gasteiger partial charge is 0.367 e. The molecule has 0 aliphatic carbocycles. The number of carbonyl (C=O) groups excluding carboxylic acids is 1. The van der Waals surface area contributed by atoms with Crippen LogP contribution in [-0.4, -0.2) is 22.8 Å². The highest BCUT2D eigenvalue weighted by atomic mass is 35.5. The van der Waals surface area contributed by atoms with E-state index in [9.17, 15) is 9.59 Å². The number of nitrogens with one attached hydrogen (secondary N) is 1. The summed E-state index contributed by atoms with van der Waals surface area (Å²) in [6.07, 6.45) is 2.91. The average molecular weight is 291 g/mol. The second kappa shape index (κ2) is 5.92. The van der Waals surface area contributed by atoms with Crippen LogP contribution >= 0.6 is 11.6 Å².